The molecule has 3 heterocycles. The van der Waals surface area contributed by atoms with Crippen LogP contribution < -0.4 is 15.9 Å². The summed E-state index contributed by atoms with van der Waals surface area (Å²) in [7, 11) is 0. The standard InChI is InChI=1S/C22H13ClN2O4S/c23-17-9-16-15(13-4-2-1-3-5-13)10-21(27)29-18(16)11-19(17)28-12-14-8-20(26)25-6-7-30-22(25)24-14/h1-11H,12H2. The van der Waals surface area contributed by atoms with Gasteiger partial charge in [0.15, 0.2) is 4.96 Å². The van der Waals surface area contributed by atoms with E-state index < -0.39 is 5.63 Å². The first-order chi connectivity index (χ1) is 14.6. The van der Waals surface area contributed by atoms with Crippen LogP contribution in [0.15, 0.2) is 80.2 Å². The second-order valence-electron chi connectivity index (χ2n) is 6.55. The highest BCUT2D eigenvalue weighted by Gasteiger charge is 2.13. The zero-order valence-electron chi connectivity index (χ0n) is 15.4. The molecule has 8 heteroatoms. The van der Waals surface area contributed by atoms with Gasteiger partial charge in [-0.1, -0.05) is 41.9 Å². The molecule has 6 nitrogen and oxygen atoms in total. The Morgan fingerprint density at radius 2 is 1.93 bits per heavy atom. The summed E-state index contributed by atoms with van der Waals surface area (Å²) in [6.45, 7) is 0.0531. The van der Waals surface area contributed by atoms with Crippen molar-refractivity contribution in [2.45, 2.75) is 6.61 Å². The minimum absolute atomic E-state index is 0.0531. The second-order valence-corrected chi connectivity index (χ2v) is 7.83. The van der Waals surface area contributed by atoms with Crippen LogP contribution in [-0.2, 0) is 6.61 Å². The third-order valence-corrected chi connectivity index (χ3v) is 5.67. The van der Waals surface area contributed by atoms with Crippen LogP contribution in [0.5, 0.6) is 5.75 Å². The van der Waals surface area contributed by atoms with Crippen molar-refractivity contribution < 1.29 is 9.15 Å². The van der Waals surface area contributed by atoms with Crippen molar-refractivity contribution in [1.82, 2.24) is 9.38 Å². The van der Waals surface area contributed by atoms with E-state index in [9.17, 15) is 9.59 Å². The van der Waals surface area contributed by atoms with Gasteiger partial charge < -0.3 is 9.15 Å². The maximum atomic E-state index is 12.1. The zero-order valence-corrected chi connectivity index (χ0v) is 16.9. The smallest absolute Gasteiger partial charge is 0.336 e. The van der Waals surface area contributed by atoms with Crippen LogP contribution in [0.1, 0.15) is 5.69 Å². The van der Waals surface area contributed by atoms with E-state index in [4.69, 9.17) is 20.8 Å². The molecule has 0 spiro atoms. The van der Waals surface area contributed by atoms with Crippen LogP contribution in [0.2, 0.25) is 5.02 Å². The number of thiazole rings is 1. The Bertz CT molecular complexity index is 1510. The second kappa shape index (κ2) is 7.44. The van der Waals surface area contributed by atoms with Crippen molar-refractivity contribution in [3.8, 4) is 16.9 Å². The largest absolute Gasteiger partial charge is 0.486 e. The number of nitrogens with zero attached hydrogens (tertiary/aromatic N) is 2. The minimum atomic E-state index is -0.465. The quantitative estimate of drug-likeness (QED) is 0.380. The number of aromatic nitrogens is 2. The molecule has 0 N–H and O–H groups in total. The van der Waals surface area contributed by atoms with Gasteiger partial charge >= 0.3 is 5.63 Å². The molecule has 0 radical (unpaired) electrons. The van der Waals surface area contributed by atoms with Crippen LogP contribution in [0.3, 0.4) is 0 Å². The Labute approximate surface area is 178 Å². The average Bonchev–Trinajstić information content (AvgIpc) is 3.22. The Balaban J connectivity index is 1.53. The van der Waals surface area contributed by atoms with Crippen molar-refractivity contribution >= 4 is 38.9 Å². The lowest BCUT2D eigenvalue weighted by molar-refractivity contribution is 0.301. The highest BCUT2D eigenvalue weighted by atomic mass is 35.5. The topological polar surface area (TPSA) is 73.8 Å². The molecule has 0 amide bonds. The van der Waals surface area contributed by atoms with Gasteiger partial charge in [0, 0.05) is 35.2 Å². The fraction of sp³-hybridized carbons (Fsp3) is 0.0455. The molecule has 0 saturated heterocycles. The van der Waals surface area contributed by atoms with E-state index in [2.05, 4.69) is 4.98 Å². The van der Waals surface area contributed by atoms with Crippen molar-refractivity contribution in [2.24, 2.45) is 0 Å². The normalized spacial score (nSPS) is 11.2. The first-order valence-corrected chi connectivity index (χ1v) is 10.3. The molecular formula is C22H13ClN2O4S. The number of fused-ring (bicyclic) bond motifs is 2. The van der Waals surface area contributed by atoms with E-state index in [0.29, 0.717) is 32.4 Å². The molecule has 0 saturated carbocycles. The third kappa shape index (κ3) is 3.38. The summed E-state index contributed by atoms with van der Waals surface area (Å²) in [5.74, 6) is 0.339. The summed E-state index contributed by atoms with van der Waals surface area (Å²) in [5.41, 5.74) is 1.82. The number of hydrogen-bond donors (Lipinski definition) is 0. The van der Waals surface area contributed by atoms with Gasteiger partial charge in [-0.05, 0) is 17.2 Å². The average molecular weight is 437 g/mol. The number of hydrogen-bond acceptors (Lipinski definition) is 6. The number of rotatable bonds is 4. The van der Waals surface area contributed by atoms with Crippen LogP contribution >= 0.6 is 22.9 Å². The van der Waals surface area contributed by atoms with E-state index in [1.807, 2.05) is 30.3 Å². The van der Waals surface area contributed by atoms with E-state index >= 15 is 0 Å². The van der Waals surface area contributed by atoms with Gasteiger partial charge in [-0.25, -0.2) is 9.78 Å². The van der Waals surface area contributed by atoms with Gasteiger partial charge in [-0.3, -0.25) is 9.20 Å². The third-order valence-electron chi connectivity index (χ3n) is 4.61. The van der Waals surface area contributed by atoms with Crippen LogP contribution in [0, 0.1) is 0 Å². The predicted molar refractivity (Wildman–Crippen MR) is 117 cm³/mol. The van der Waals surface area contributed by atoms with Gasteiger partial charge in [0.1, 0.15) is 17.9 Å². The molecule has 5 aromatic rings. The molecule has 0 fully saturated rings. The summed E-state index contributed by atoms with van der Waals surface area (Å²) < 4.78 is 12.6. The first-order valence-electron chi connectivity index (χ1n) is 9.00. The van der Waals surface area contributed by atoms with Crippen molar-refractivity contribution in [1.29, 1.82) is 0 Å². The van der Waals surface area contributed by atoms with E-state index in [0.717, 1.165) is 11.1 Å². The van der Waals surface area contributed by atoms with Gasteiger partial charge in [-0.2, -0.15) is 0 Å². The Morgan fingerprint density at radius 1 is 1.10 bits per heavy atom. The monoisotopic (exact) mass is 436 g/mol. The number of halogens is 1. The highest BCUT2D eigenvalue weighted by molar-refractivity contribution is 7.15. The van der Waals surface area contributed by atoms with Gasteiger partial charge in [0.05, 0.1) is 10.7 Å². The molecule has 0 aliphatic rings. The van der Waals surface area contributed by atoms with Gasteiger partial charge in [0.25, 0.3) is 5.56 Å². The molecule has 0 aliphatic carbocycles. The van der Waals surface area contributed by atoms with Crippen LogP contribution in [0.4, 0.5) is 0 Å². The van der Waals surface area contributed by atoms with Crippen LogP contribution in [0.25, 0.3) is 27.1 Å². The summed E-state index contributed by atoms with van der Waals surface area (Å²) in [4.78, 5) is 29.2. The Morgan fingerprint density at radius 3 is 2.77 bits per heavy atom. The molecule has 0 aliphatic heterocycles. The lowest BCUT2D eigenvalue weighted by atomic mass is 10.0. The van der Waals surface area contributed by atoms with Crippen molar-refractivity contribution in [3.63, 3.8) is 0 Å². The summed E-state index contributed by atoms with van der Waals surface area (Å²) in [5, 5.41) is 2.86. The maximum absolute atomic E-state index is 12.1. The minimum Gasteiger partial charge on any atom is -0.486 e. The number of ether oxygens (including phenoxy) is 1. The maximum Gasteiger partial charge on any atom is 0.336 e. The van der Waals surface area contributed by atoms with Crippen LogP contribution in [-0.4, -0.2) is 9.38 Å². The first kappa shape index (κ1) is 18.6. The fourth-order valence-corrected chi connectivity index (χ4v) is 4.20. The fourth-order valence-electron chi connectivity index (χ4n) is 3.24. The molecule has 0 bridgehead atoms. The van der Waals surface area contributed by atoms with Gasteiger partial charge in [-0.15, -0.1) is 11.3 Å². The Kier molecular flexibility index (Phi) is 4.61. The zero-order chi connectivity index (χ0) is 20.7. The SMILES string of the molecule is O=c1cc(-c2ccccc2)c2cc(Cl)c(OCc3cc(=O)n4ccsc4n3)cc2o1. The summed E-state index contributed by atoms with van der Waals surface area (Å²) >= 11 is 7.81. The lowest BCUT2D eigenvalue weighted by Gasteiger charge is -2.11. The molecule has 5 rings (SSSR count). The number of benzene rings is 2. The van der Waals surface area contributed by atoms with E-state index in [1.165, 1.54) is 27.9 Å². The lowest BCUT2D eigenvalue weighted by Crippen LogP contribution is -2.14. The Hall–Kier alpha value is -3.42. The van der Waals surface area contributed by atoms with E-state index in [-0.39, 0.29) is 12.2 Å². The molecular weight excluding hydrogens is 424 g/mol. The van der Waals surface area contributed by atoms with E-state index in [1.54, 1.807) is 23.7 Å². The summed E-state index contributed by atoms with van der Waals surface area (Å²) in [6, 6.07) is 15.7. The summed E-state index contributed by atoms with van der Waals surface area (Å²) in [6.07, 6.45) is 1.67. The van der Waals surface area contributed by atoms with Gasteiger partial charge in [0.2, 0.25) is 0 Å². The van der Waals surface area contributed by atoms with Crippen molar-refractivity contribution in [3.05, 3.63) is 97.7 Å². The molecule has 0 atom stereocenters. The molecule has 0 unspecified atom stereocenters. The highest BCUT2D eigenvalue weighted by Crippen LogP contribution is 2.35. The molecule has 3 aromatic heterocycles. The molecule has 2 aromatic carbocycles. The predicted octanol–water partition coefficient (Wildman–Crippen LogP) is 4.76. The molecule has 148 valence electrons. The molecule has 30 heavy (non-hydrogen) atoms. The van der Waals surface area contributed by atoms with Crippen molar-refractivity contribution in [2.75, 3.05) is 0 Å².